The zero-order valence-corrected chi connectivity index (χ0v) is 10.6. The van der Waals surface area contributed by atoms with Crippen LogP contribution in [0, 0.1) is 0 Å². The first kappa shape index (κ1) is 12.8. The Hall–Kier alpha value is -1.23. The van der Waals surface area contributed by atoms with Crippen molar-refractivity contribution in [2.45, 2.75) is 19.8 Å². The molecule has 1 heterocycles. The molecule has 86 valence electrons. The standard InChI is InChI=1S/C11H13BrN2O2/c1-2-4-8(15)7-13-11(16)9-5-3-6-10(12)14-9/h3,5-6H,2,4,7H2,1H3,(H,13,16). The van der Waals surface area contributed by atoms with E-state index in [0.717, 1.165) is 6.42 Å². The Kier molecular flexibility index (Phi) is 5.11. The average molecular weight is 285 g/mol. The zero-order valence-electron chi connectivity index (χ0n) is 9.00. The van der Waals surface area contributed by atoms with E-state index in [4.69, 9.17) is 0 Å². The third-order valence-electron chi connectivity index (χ3n) is 1.92. The van der Waals surface area contributed by atoms with Crippen molar-refractivity contribution in [1.82, 2.24) is 10.3 Å². The van der Waals surface area contributed by atoms with Crippen LogP contribution in [-0.4, -0.2) is 23.2 Å². The van der Waals surface area contributed by atoms with Gasteiger partial charge in [0.05, 0.1) is 6.54 Å². The molecule has 0 aliphatic carbocycles. The van der Waals surface area contributed by atoms with E-state index in [-0.39, 0.29) is 18.2 Å². The van der Waals surface area contributed by atoms with Gasteiger partial charge in [-0.3, -0.25) is 9.59 Å². The quantitative estimate of drug-likeness (QED) is 0.841. The van der Waals surface area contributed by atoms with Crippen LogP contribution in [0.1, 0.15) is 30.3 Å². The Morgan fingerprint density at radius 1 is 1.44 bits per heavy atom. The molecule has 16 heavy (non-hydrogen) atoms. The van der Waals surface area contributed by atoms with Crippen LogP contribution in [0.15, 0.2) is 22.8 Å². The monoisotopic (exact) mass is 284 g/mol. The number of ketones is 1. The van der Waals surface area contributed by atoms with E-state index in [1.807, 2.05) is 6.92 Å². The van der Waals surface area contributed by atoms with Crippen LogP contribution in [0.5, 0.6) is 0 Å². The fourth-order valence-corrected chi connectivity index (χ4v) is 1.52. The van der Waals surface area contributed by atoms with Crippen molar-refractivity contribution in [3.8, 4) is 0 Å². The third kappa shape index (κ3) is 4.10. The molecule has 1 aromatic rings. The van der Waals surface area contributed by atoms with Gasteiger partial charge in [0.2, 0.25) is 0 Å². The summed E-state index contributed by atoms with van der Waals surface area (Å²) in [4.78, 5) is 26.8. The molecule has 0 aliphatic rings. The van der Waals surface area contributed by atoms with Crippen LogP contribution in [0.2, 0.25) is 0 Å². The molecule has 1 rings (SSSR count). The lowest BCUT2D eigenvalue weighted by Crippen LogP contribution is -2.29. The number of nitrogens with zero attached hydrogens (tertiary/aromatic N) is 1. The molecule has 5 heteroatoms. The molecule has 0 aromatic carbocycles. The first-order valence-corrected chi connectivity index (χ1v) is 5.85. The first-order valence-electron chi connectivity index (χ1n) is 5.06. The van der Waals surface area contributed by atoms with Gasteiger partial charge in [0.15, 0.2) is 5.78 Å². The Morgan fingerprint density at radius 2 is 2.19 bits per heavy atom. The summed E-state index contributed by atoms with van der Waals surface area (Å²) in [6.45, 7) is 2.00. The molecule has 4 nitrogen and oxygen atoms in total. The normalized spacial score (nSPS) is 9.88. The number of rotatable bonds is 5. The topological polar surface area (TPSA) is 59.1 Å². The maximum Gasteiger partial charge on any atom is 0.270 e. The van der Waals surface area contributed by atoms with E-state index >= 15 is 0 Å². The van der Waals surface area contributed by atoms with E-state index in [1.54, 1.807) is 18.2 Å². The molecule has 0 saturated heterocycles. The Bertz CT molecular complexity index is 393. The molecule has 0 saturated carbocycles. The Balaban J connectivity index is 2.50. The van der Waals surface area contributed by atoms with E-state index in [1.165, 1.54) is 0 Å². The average Bonchev–Trinajstić information content (AvgIpc) is 2.26. The summed E-state index contributed by atoms with van der Waals surface area (Å²) in [5.41, 5.74) is 0.304. The Labute approximate surface area is 103 Å². The van der Waals surface area contributed by atoms with Crippen LogP contribution >= 0.6 is 15.9 Å². The van der Waals surface area contributed by atoms with Crippen molar-refractivity contribution in [2.24, 2.45) is 0 Å². The first-order chi connectivity index (χ1) is 7.63. The van der Waals surface area contributed by atoms with Gasteiger partial charge in [-0.1, -0.05) is 13.0 Å². The van der Waals surface area contributed by atoms with Gasteiger partial charge in [0.1, 0.15) is 10.3 Å². The van der Waals surface area contributed by atoms with Gasteiger partial charge in [-0.05, 0) is 34.5 Å². The van der Waals surface area contributed by atoms with Crippen LogP contribution in [0.25, 0.3) is 0 Å². The minimum absolute atomic E-state index is 0.0332. The molecule has 0 unspecified atom stereocenters. The van der Waals surface area contributed by atoms with E-state index in [9.17, 15) is 9.59 Å². The number of aromatic nitrogens is 1. The minimum atomic E-state index is -0.328. The molecule has 1 N–H and O–H groups in total. The van der Waals surface area contributed by atoms with E-state index in [2.05, 4.69) is 26.2 Å². The molecule has 0 spiro atoms. The van der Waals surface area contributed by atoms with Gasteiger partial charge in [-0.2, -0.15) is 0 Å². The Morgan fingerprint density at radius 3 is 2.81 bits per heavy atom. The maximum absolute atomic E-state index is 11.6. The SMILES string of the molecule is CCCC(=O)CNC(=O)c1cccc(Br)n1. The van der Waals surface area contributed by atoms with E-state index < -0.39 is 0 Å². The number of pyridine rings is 1. The second kappa shape index (κ2) is 6.37. The van der Waals surface area contributed by atoms with Gasteiger partial charge < -0.3 is 5.32 Å². The molecular weight excluding hydrogens is 272 g/mol. The van der Waals surface area contributed by atoms with Crippen molar-refractivity contribution < 1.29 is 9.59 Å². The molecule has 0 aliphatic heterocycles. The summed E-state index contributed by atoms with van der Waals surface area (Å²) < 4.78 is 0.597. The molecular formula is C11H13BrN2O2. The number of halogens is 1. The lowest BCUT2D eigenvalue weighted by molar-refractivity contribution is -0.118. The highest BCUT2D eigenvalue weighted by Crippen LogP contribution is 2.05. The lowest BCUT2D eigenvalue weighted by Gasteiger charge is -2.03. The lowest BCUT2D eigenvalue weighted by atomic mass is 10.2. The van der Waals surface area contributed by atoms with E-state index in [0.29, 0.717) is 16.7 Å². The van der Waals surface area contributed by atoms with Crippen LogP contribution in [-0.2, 0) is 4.79 Å². The molecule has 0 bridgehead atoms. The number of Topliss-reactive ketones (excluding diaryl/α,β-unsaturated/α-hetero) is 1. The highest BCUT2D eigenvalue weighted by molar-refractivity contribution is 9.10. The van der Waals surface area contributed by atoms with Gasteiger partial charge in [-0.15, -0.1) is 0 Å². The number of nitrogens with one attached hydrogen (secondary N) is 1. The predicted octanol–water partition coefficient (Wildman–Crippen LogP) is 1.94. The minimum Gasteiger partial charge on any atom is -0.344 e. The van der Waals surface area contributed by atoms with Crippen LogP contribution < -0.4 is 5.32 Å². The van der Waals surface area contributed by atoms with Crippen molar-refractivity contribution in [2.75, 3.05) is 6.54 Å². The highest BCUT2D eigenvalue weighted by atomic mass is 79.9. The van der Waals surface area contributed by atoms with Crippen molar-refractivity contribution in [3.05, 3.63) is 28.5 Å². The maximum atomic E-state index is 11.6. The summed E-state index contributed by atoms with van der Waals surface area (Å²) >= 11 is 3.18. The van der Waals surface area contributed by atoms with Gasteiger partial charge >= 0.3 is 0 Å². The third-order valence-corrected chi connectivity index (χ3v) is 2.36. The van der Waals surface area contributed by atoms with Crippen molar-refractivity contribution in [3.63, 3.8) is 0 Å². The molecule has 0 atom stereocenters. The summed E-state index contributed by atoms with van der Waals surface area (Å²) in [5.74, 6) is -0.295. The van der Waals surface area contributed by atoms with Crippen molar-refractivity contribution in [1.29, 1.82) is 0 Å². The highest BCUT2D eigenvalue weighted by Gasteiger charge is 2.08. The predicted molar refractivity (Wildman–Crippen MR) is 64.2 cm³/mol. The largest absolute Gasteiger partial charge is 0.344 e. The fourth-order valence-electron chi connectivity index (χ4n) is 1.17. The summed E-state index contributed by atoms with van der Waals surface area (Å²) in [6, 6.07) is 5.06. The fraction of sp³-hybridized carbons (Fsp3) is 0.364. The van der Waals surface area contributed by atoms with Gasteiger partial charge in [-0.25, -0.2) is 4.98 Å². The second-order valence-corrected chi connectivity index (χ2v) is 4.13. The number of carbonyl (C=O) groups is 2. The van der Waals surface area contributed by atoms with Crippen molar-refractivity contribution >= 4 is 27.6 Å². The van der Waals surface area contributed by atoms with Gasteiger partial charge in [0.25, 0.3) is 5.91 Å². The second-order valence-electron chi connectivity index (χ2n) is 3.32. The summed E-state index contributed by atoms with van der Waals surface area (Å²) in [6.07, 6.45) is 1.29. The molecule has 1 amide bonds. The summed E-state index contributed by atoms with van der Waals surface area (Å²) in [7, 11) is 0. The number of amides is 1. The molecule has 1 aromatic heterocycles. The van der Waals surface area contributed by atoms with Crippen LogP contribution in [0.3, 0.4) is 0 Å². The van der Waals surface area contributed by atoms with Gasteiger partial charge in [0, 0.05) is 6.42 Å². The number of carbonyl (C=O) groups excluding carboxylic acids is 2. The number of hydrogen-bond donors (Lipinski definition) is 1. The number of hydrogen-bond acceptors (Lipinski definition) is 3. The zero-order chi connectivity index (χ0) is 12.0. The smallest absolute Gasteiger partial charge is 0.270 e. The molecule has 0 fully saturated rings. The van der Waals surface area contributed by atoms with Crippen LogP contribution in [0.4, 0.5) is 0 Å². The summed E-state index contributed by atoms with van der Waals surface area (Å²) in [5, 5.41) is 2.54. The molecule has 0 radical (unpaired) electrons.